The summed E-state index contributed by atoms with van der Waals surface area (Å²) < 4.78 is 5.70. The van der Waals surface area contributed by atoms with Gasteiger partial charge in [0.25, 0.3) is 5.69 Å². The Morgan fingerprint density at radius 1 is 1.06 bits per heavy atom. The van der Waals surface area contributed by atoms with Gasteiger partial charge in [-0.25, -0.2) is 4.79 Å². The second-order valence-electron chi connectivity index (χ2n) is 7.24. The number of nitrogens with zero attached hydrogens (tertiary/aromatic N) is 1. The van der Waals surface area contributed by atoms with Gasteiger partial charge in [0, 0.05) is 16.5 Å². The molecule has 0 spiro atoms. The fourth-order valence-corrected chi connectivity index (χ4v) is 4.37. The Morgan fingerprint density at radius 2 is 1.66 bits per heavy atom. The molecule has 1 aliphatic carbocycles. The van der Waals surface area contributed by atoms with E-state index in [1.807, 2.05) is 48.5 Å². The number of carbonyl (C=O) groups is 2. The third kappa shape index (κ3) is 4.19. The lowest BCUT2D eigenvalue weighted by Crippen LogP contribution is -2.19. The van der Waals surface area contributed by atoms with Crippen LogP contribution in [0.1, 0.15) is 22.6 Å². The largest absolute Gasteiger partial charge is 0.481 e. The first kappa shape index (κ1) is 21.5. The number of ether oxygens (including phenoxy) is 1. The van der Waals surface area contributed by atoms with Crippen molar-refractivity contribution < 1.29 is 24.4 Å². The summed E-state index contributed by atoms with van der Waals surface area (Å²) in [5.41, 5.74) is 4.03. The maximum Gasteiger partial charge on any atom is 0.411 e. The van der Waals surface area contributed by atoms with E-state index in [-0.39, 0.29) is 40.4 Å². The molecule has 32 heavy (non-hydrogen) atoms. The number of hydrogen-bond donors (Lipinski definition) is 2. The summed E-state index contributed by atoms with van der Waals surface area (Å²) in [7, 11) is 0. The van der Waals surface area contributed by atoms with E-state index >= 15 is 0 Å². The molecule has 0 unspecified atom stereocenters. The monoisotopic (exact) mass is 496 g/mol. The van der Waals surface area contributed by atoms with Crippen LogP contribution in [0.15, 0.2) is 65.1 Å². The van der Waals surface area contributed by atoms with E-state index in [4.69, 9.17) is 9.84 Å². The van der Waals surface area contributed by atoms with Gasteiger partial charge < -0.3 is 9.84 Å². The summed E-state index contributed by atoms with van der Waals surface area (Å²) in [6, 6.07) is 18.2. The van der Waals surface area contributed by atoms with E-state index in [1.165, 1.54) is 6.07 Å². The minimum atomic E-state index is -1.10. The first-order valence-electron chi connectivity index (χ1n) is 9.65. The highest BCUT2D eigenvalue weighted by atomic mass is 79.9. The number of carboxylic acid groups (broad SMARTS) is 1. The second kappa shape index (κ2) is 8.80. The van der Waals surface area contributed by atoms with Gasteiger partial charge in [0.2, 0.25) is 0 Å². The Bertz CT molecular complexity index is 1200. The standard InChI is InChI=1S/C23H17BrN2O6/c24-19-11-21(26(30)31)20(9-13(19)10-22(27)28)25-23(29)32-12-18-16-7-3-1-5-14(16)15-6-2-4-8-17(15)18/h1-9,11,18H,10,12H2,(H,25,29)(H,27,28). The van der Waals surface area contributed by atoms with Crippen molar-refractivity contribution >= 4 is 39.4 Å². The lowest BCUT2D eigenvalue weighted by molar-refractivity contribution is -0.384. The zero-order valence-electron chi connectivity index (χ0n) is 16.6. The van der Waals surface area contributed by atoms with Crippen molar-refractivity contribution in [2.75, 3.05) is 11.9 Å². The maximum absolute atomic E-state index is 12.5. The van der Waals surface area contributed by atoms with Crippen molar-refractivity contribution in [3.05, 3.63) is 91.9 Å². The quantitative estimate of drug-likeness (QED) is 0.350. The Balaban J connectivity index is 1.54. The number of nitro benzene ring substituents is 1. The van der Waals surface area contributed by atoms with Gasteiger partial charge in [-0.15, -0.1) is 0 Å². The van der Waals surface area contributed by atoms with Gasteiger partial charge in [0.1, 0.15) is 12.3 Å². The van der Waals surface area contributed by atoms with Crippen LogP contribution in [0.3, 0.4) is 0 Å². The van der Waals surface area contributed by atoms with E-state index < -0.39 is 17.0 Å². The minimum Gasteiger partial charge on any atom is -0.481 e. The molecule has 0 saturated heterocycles. The SMILES string of the molecule is O=C(O)Cc1cc(NC(=O)OCC2c3ccccc3-c3ccccc32)c([N+](=O)[O-])cc1Br. The Labute approximate surface area is 191 Å². The number of nitro groups is 1. The molecular weight excluding hydrogens is 480 g/mol. The normalized spacial score (nSPS) is 12.0. The number of aliphatic carboxylic acids is 1. The van der Waals surface area contributed by atoms with Crippen molar-refractivity contribution in [1.29, 1.82) is 0 Å². The first-order valence-corrected chi connectivity index (χ1v) is 10.4. The number of anilines is 1. The van der Waals surface area contributed by atoms with Crippen LogP contribution in [0.5, 0.6) is 0 Å². The Kier molecular flexibility index (Phi) is 5.91. The molecule has 0 bridgehead atoms. The highest BCUT2D eigenvalue weighted by molar-refractivity contribution is 9.10. The number of nitrogens with one attached hydrogen (secondary N) is 1. The number of amides is 1. The highest BCUT2D eigenvalue weighted by Crippen LogP contribution is 2.44. The Hall–Kier alpha value is -3.72. The first-order chi connectivity index (χ1) is 15.3. The van der Waals surface area contributed by atoms with Gasteiger partial charge in [0.05, 0.1) is 11.3 Å². The number of halogens is 1. The number of rotatable bonds is 6. The van der Waals surface area contributed by atoms with Crippen LogP contribution in [0, 0.1) is 10.1 Å². The van der Waals surface area contributed by atoms with Gasteiger partial charge in [-0.3, -0.25) is 20.2 Å². The highest BCUT2D eigenvalue weighted by Gasteiger charge is 2.29. The molecule has 0 aromatic heterocycles. The molecule has 0 aliphatic heterocycles. The maximum atomic E-state index is 12.5. The predicted octanol–water partition coefficient (Wildman–Crippen LogP) is 5.35. The number of fused-ring (bicyclic) bond motifs is 3. The molecule has 1 amide bonds. The van der Waals surface area contributed by atoms with Crippen molar-refractivity contribution in [3.8, 4) is 11.1 Å². The molecule has 1 aliphatic rings. The molecule has 0 atom stereocenters. The van der Waals surface area contributed by atoms with Gasteiger partial charge in [-0.05, 0) is 33.9 Å². The van der Waals surface area contributed by atoms with E-state index in [0.717, 1.165) is 28.3 Å². The van der Waals surface area contributed by atoms with Crippen LogP contribution in [0.2, 0.25) is 0 Å². The fourth-order valence-electron chi connectivity index (χ4n) is 3.90. The lowest BCUT2D eigenvalue weighted by Gasteiger charge is -2.15. The van der Waals surface area contributed by atoms with Crippen LogP contribution in [-0.2, 0) is 16.0 Å². The van der Waals surface area contributed by atoms with Gasteiger partial charge >= 0.3 is 12.1 Å². The van der Waals surface area contributed by atoms with Crippen molar-refractivity contribution in [1.82, 2.24) is 0 Å². The zero-order chi connectivity index (χ0) is 22.8. The van der Waals surface area contributed by atoms with Gasteiger partial charge in [0.15, 0.2) is 0 Å². The molecule has 4 rings (SSSR count). The molecule has 2 N–H and O–H groups in total. The van der Waals surface area contributed by atoms with Crippen molar-refractivity contribution in [2.45, 2.75) is 12.3 Å². The third-order valence-electron chi connectivity index (χ3n) is 5.28. The predicted molar refractivity (Wildman–Crippen MR) is 121 cm³/mol. The van der Waals surface area contributed by atoms with Crippen LogP contribution < -0.4 is 5.32 Å². The van der Waals surface area contributed by atoms with E-state index in [1.54, 1.807) is 0 Å². The number of carbonyl (C=O) groups excluding carboxylic acids is 1. The number of hydrogen-bond acceptors (Lipinski definition) is 5. The van der Waals surface area contributed by atoms with Crippen molar-refractivity contribution in [2.24, 2.45) is 0 Å². The topological polar surface area (TPSA) is 119 Å². The fraction of sp³-hybridized carbons (Fsp3) is 0.130. The molecule has 0 saturated carbocycles. The average Bonchev–Trinajstić information content (AvgIpc) is 3.07. The van der Waals surface area contributed by atoms with Crippen molar-refractivity contribution in [3.63, 3.8) is 0 Å². The number of benzene rings is 3. The molecule has 8 nitrogen and oxygen atoms in total. The van der Waals surface area contributed by atoms with Crippen LogP contribution >= 0.6 is 15.9 Å². The van der Waals surface area contributed by atoms with Gasteiger partial charge in [-0.1, -0.05) is 64.5 Å². The minimum absolute atomic E-state index is 0.0478. The summed E-state index contributed by atoms with van der Waals surface area (Å²) in [5, 5.41) is 22.8. The van der Waals surface area contributed by atoms with E-state index in [2.05, 4.69) is 21.2 Å². The molecule has 0 fully saturated rings. The van der Waals surface area contributed by atoms with Crippen LogP contribution in [0.25, 0.3) is 11.1 Å². The summed E-state index contributed by atoms with van der Waals surface area (Å²) >= 11 is 3.14. The lowest BCUT2D eigenvalue weighted by atomic mass is 9.98. The summed E-state index contributed by atoms with van der Waals surface area (Å²) in [4.78, 5) is 34.3. The van der Waals surface area contributed by atoms with Crippen LogP contribution in [-0.4, -0.2) is 28.7 Å². The molecular formula is C23H17BrN2O6. The Morgan fingerprint density at radius 3 is 2.22 bits per heavy atom. The zero-order valence-corrected chi connectivity index (χ0v) is 18.2. The molecule has 0 heterocycles. The molecule has 9 heteroatoms. The smallest absolute Gasteiger partial charge is 0.411 e. The average molecular weight is 497 g/mol. The molecule has 3 aromatic rings. The van der Waals surface area contributed by atoms with Crippen LogP contribution in [0.4, 0.5) is 16.2 Å². The second-order valence-corrected chi connectivity index (χ2v) is 8.09. The molecule has 3 aromatic carbocycles. The number of carboxylic acids is 1. The van der Waals surface area contributed by atoms with E-state index in [0.29, 0.717) is 0 Å². The summed E-state index contributed by atoms with van der Waals surface area (Å²) in [6.45, 7) is 0.0478. The third-order valence-corrected chi connectivity index (χ3v) is 6.02. The molecule has 162 valence electrons. The summed E-state index contributed by atoms with van der Waals surface area (Å²) in [6.07, 6.45) is -1.23. The van der Waals surface area contributed by atoms with E-state index in [9.17, 15) is 19.7 Å². The van der Waals surface area contributed by atoms with Gasteiger partial charge in [-0.2, -0.15) is 0 Å². The molecule has 0 radical (unpaired) electrons. The summed E-state index contributed by atoms with van der Waals surface area (Å²) in [5.74, 6) is -1.26.